The molecule has 1 aromatic carbocycles. The number of carbonyl (C=O) groups excluding carboxylic acids is 1. The number of hydrogen-bond donors (Lipinski definition) is 0. The second-order valence-electron chi connectivity index (χ2n) is 3.79. The van der Waals surface area contributed by atoms with Crippen molar-refractivity contribution in [2.75, 3.05) is 19.8 Å². The van der Waals surface area contributed by atoms with Crippen LogP contribution in [0.15, 0.2) is 30.3 Å². The lowest BCUT2D eigenvalue weighted by Crippen LogP contribution is -2.21. The van der Waals surface area contributed by atoms with Gasteiger partial charge in [0.05, 0.1) is 13.2 Å². The average molecular weight is 236 g/mol. The number of rotatable bonds is 7. The van der Waals surface area contributed by atoms with Gasteiger partial charge < -0.3 is 9.47 Å². The van der Waals surface area contributed by atoms with Gasteiger partial charge in [-0.1, -0.05) is 37.3 Å². The fourth-order valence-electron chi connectivity index (χ4n) is 1.52. The zero-order valence-corrected chi connectivity index (χ0v) is 10.5. The van der Waals surface area contributed by atoms with Crippen molar-refractivity contribution in [3.05, 3.63) is 35.9 Å². The maximum Gasteiger partial charge on any atom is 0.315 e. The standard InChI is InChI=1S/C14H20O3/c1-3-10-17-14(15)13(11-16-4-2)12-8-6-5-7-9-12/h5-9,13H,3-4,10-11H2,1-2H3. The largest absolute Gasteiger partial charge is 0.465 e. The monoisotopic (exact) mass is 236 g/mol. The van der Waals surface area contributed by atoms with E-state index in [0.29, 0.717) is 19.8 Å². The Bertz CT molecular complexity index is 321. The Labute approximate surface area is 103 Å². The number of benzene rings is 1. The number of carbonyl (C=O) groups is 1. The number of ether oxygens (including phenoxy) is 2. The van der Waals surface area contributed by atoms with E-state index in [1.54, 1.807) is 0 Å². The first-order valence-electron chi connectivity index (χ1n) is 6.08. The summed E-state index contributed by atoms with van der Waals surface area (Å²) < 4.78 is 10.5. The minimum atomic E-state index is -0.317. The van der Waals surface area contributed by atoms with E-state index < -0.39 is 0 Å². The van der Waals surface area contributed by atoms with Crippen LogP contribution in [0.2, 0.25) is 0 Å². The van der Waals surface area contributed by atoms with Crippen LogP contribution in [0.4, 0.5) is 0 Å². The molecule has 0 aromatic heterocycles. The first-order chi connectivity index (χ1) is 8.29. The van der Waals surface area contributed by atoms with Gasteiger partial charge in [0.15, 0.2) is 0 Å². The molecule has 0 saturated carbocycles. The topological polar surface area (TPSA) is 35.5 Å². The smallest absolute Gasteiger partial charge is 0.315 e. The molecule has 3 nitrogen and oxygen atoms in total. The molecule has 17 heavy (non-hydrogen) atoms. The molecule has 0 aliphatic rings. The molecule has 0 bridgehead atoms. The second kappa shape index (κ2) is 7.85. The number of hydrogen-bond acceptors (Lipinski definition) is 3. The lowest BCUT2D eigenvalue weighted by molar-refractivity contribution is -0.147. The molecule has 0 aliphatic carbocycles. The Morgan fingerprint density at radius 3 is 2.53 bits per heavy atom. The SMILES string of the molecule is CCCOC(=O)C(COCC)c1ccccc1. The summed E-state index contributed by atoms with van der Waals surface area (Å²) in [5.74, 6) is -0.519. The van der Waals surface area contributed by atoms with Crippen LogP contribution in [0.3, 0.4) is 0 Å². The third-order valence-electron chi connectivity index (χ3n) is 2.42. The van der Waals surface area contributed by atoms with E-state index in [-0.39, 0.29) is 11.9 Å². The van der Waals surface area contributed by atoms with Gasteiger partial charge in [-0.05, 0) is 18.9 Å². The zero-order valence-electron chi connectivity index (χ0n) is 10.5. The van der Waals surface area contributed by atoms with Crippen molar-refractivity contribution in [1.29, 1.82) is 0 Å². The van der Waals surface area contributed by atoms with Crippen LogP contribution < -0.4 is 0 Å². The lowest BCUT2D eigenvalue weighted by atomic mass is 10.0. The Hall–Kier alpha value is -1.35. The molecular weight excluding hydrogens is 216 g/mol. The Morgan fingerprint density at radius 1 is 1.24 bits per heavy atom. The Kier molecular flexibility index (Phi) is 6.33. The van der Waals surface area contributed by atoms with Gasteiger partial charge in [0.25, 0.3) is 0 Å². The molecule has 1 unspecified atom stereocenters. The molecular formula is C14H20O3. The van der Waals surface area contributed by atoms with Gasteiger partial charge in [-0.25, -0.2) is 0 Å². The van der Waals surface area contributed by atoms with Gasteiger partial charge in [-0.2, -0.15) is 0 Å². The van der Waals surface area contributed by atoms with Crippen LogP contribution in [0.25, 0.3) is 0 Å². The van der Waals surface area contributed by atoms with Gasteiger partial charge in [-0.15, -0.1) is 0 Å². The molecule has 1 aromatic rings. The summed E-state index contributed by atoms with van der Waals surface area (Å²) in [5.41, 5.74) is 0.946. The van der Waals surface area contributed by atoms with Gasteiger partial charge in [0.2, 0.25) is 0 Å². The molecule has 94 valence electrons. The van der Waals surface area contributed by atoms with Gasteiger partial charge in [-0.3, -0.25) is 4.79 Å². The van der Waals surface area contributed by atoms with Crippen LogP contribution in [-0.2, 0) is 14.3 Å². The van der Waals surface area contributed by atoms with Crippen molar-refractivity contribution in [1.82, 2.24) is 0 Å². The lowest BCUT2D eigenvalue weighted by Gasteiger charge is -2.16. The molecule has 1 atom stereocenters. The van der Waals surface area contributed by atoms with E-state index in [2.05, 4.69) is 0 Å². The van der Waals surface area contributed by atoms with E-state index in [1.807, 2.05) is 44.2 Å². The average Bonchev–Trinajstić information content (AvgIpc) is 2.38. The second-order valence-corrected chi connectivity index (χ2v) is 3.79. The van der Waals surface area contributed by atoms with Crippen molar-refractivity contribution in [3.8, 4) is 0 Å². The first kappa shape index (κ1) is 13.7. The van der Waals surface area contributed by atoms with E-state index in [4.69, 9.17) is 9.47 Å². The van der Waals surface area contributed by atoms with Crippen LogP contribution in [0, 0.1) is 0 Å². The summed E-state index contributed by atoms with van der Waals surface area (Å²) in [4.78, 5) is 11.9. The molecule has 1 rings (SSSR count). The van der Waals surface area contributed by atoms with E-state index in [0.717, 1.165) is 12.0 Å². The van der Waals surface area contributed by atoms with Gasteiger partial charge in [0.1, 0.15) is 5.92 Å². The highest BCUT2D eigenvalue weighted by Gasteiger charge is 2.21. The summed E-state index contributed by atoms with van der Waals surface area (Å²) in [6.45, 7) is 5.34. The van der Waals surface area contributed by atoms with Crippen LogP contribution in [0.5, 0.6) is 0 Å². The summed E-state index contributed by atoms with van der Waals surface area (Å²) in [6, 6.07) is 9.62. The fourth-order valence-corrected chi connectivity index (χ4v) is 1.52. The summed E-state index contributed by atoms with van der Waals surface area (Å²) in [5, 5.41) is 0. The summed E-state index contributed by atoms with van der Waals surface area (Å²) >= 11 is 0. The molecule has 0 radical (unpaired) electrons. The molecule has 0 spiro atoms. The van der Waals surface area contributed by atoms with Crippen LogP contribution >= 0.6 is 0 Å². The van der Waals surface area contributed by atoms with Crippen LogP contribution in [-0.4, -0.2) is 25.8 Å². The molecule has 0 aliphatic heterocycles. The highest BCUT2D eigenvalue weighted by molar-refractivity contribution is 5.78. The van der Waals surface area contributed by atoms with Crippen molar-refractivity contribution < 1.29 is 14.3 Å². The Morgan fingerprint density at radius 2 is 1.94 bits per heavy atom. The van der Waals surface area contributed by atoms with E-state index >= 15 is 0 Å². The maximum atomic E-state index is 11.9. The summed E-state index contributed by atoms with van der Waals surface area (Å²) in [7, 11) is 0. The van der Waals surface area contributed by atoms with Crippen molar-refractivity contribution in [3.63, 3.8) is 0 Å². The predicted octanol–water partition coefficient (Wildman–Crippen LogP) is 2.76. The summed E-state index contributed by atoms with van der Waals surface area (Å²) in [6.07, 6.45) is 0.835. The first-order valence-corrected chi connectivity index (χ1v) is 6.08. The fraction of sp³-hybridized carbons (Fsp3) is 0.500. The zero-order chi connectivity index (χ0) is 12.5. The third kappa shape index (κ3) is 4.57. The predicted molar refractivity (Wildman–Crippen MR) is 66.9 cm³/mol. The van der Waals surface area contributed by atoms with Crippen molar-refractivity contribution >= 4 is 5.97 Å². The molecule has 0 amide bonds. The highest BCUT2D eigenvalue weighted by atomic mass is 16.5. The molecule has 0 N–H and O–H groups in total. The Balaban J connectivity index is 2.69. The van der Waals surface area contributed by atoms with Gasteiger partial charge in [0, 0.05) is 6.61 Å². The molecule has 3 heteroatoms. The normalized spacial score (nSPS) is 12.1. The van der Waals surface area contributed by atoms with Crippen molar-refractivity contribution in [2.24, 2.45) is 0 Å². The van der Waals surface area contributed by atoms with Crippen molar-refractivity contribution in [2.45, 2.75) is 26.2 Å². The molecule has 0 saturated heterocycles. The van der Waals surface area contributed by atoms with E-state index in [9.17, 15) is 4.79 Å². The highest BCUT2D eigenvalue weighted by Crippen LogP contribution is 2.17. The minimum Gasteiger partial charge on any atom is -0.465 e. The third-order valence-corrected chi connectivity index (χ3v) is 2.42. The molecule has 0 fully saturated rings. The number of esters is 1. The maximum absolute atomic E-state index is 11.9. The molecule has 0 heterocycles. The van der Waals surface area contributed by atoms with E-state index in [1.165, 1.54) is 0 Å². The van der Waals surface area contributed by atoms with Gasteiger partial charge >= 0.3 is 5.97 Å². The quantitative estimate of drug-likeness (QED) is 0.683. The van der Waals surface area contributed by atoms with Crippen LogP contribution in [0.1, 0.15) is 31.7 Å². The minimum absolute atomic E-state index is 0.202.